The molecule has 0 saturated carbocycles. The number of nitrogens with one attached hydrogen (secondary N) is 3. The Bertz CT molecular complexity index is 684. The van der Waals surface area contributed by atoms with Crippen LogP contribution in [0.25, 0.3) is 0 Å². The summed E-state index contributed by atoms with van der Waals surface area (Å²) in [6, 6.07) is -4.15. The van der Waals surface area contributed by atoms with Crippen molar-refractivity contribution in [2.45, 2.75) is 84.0 Å². The highest BCUT2D eigenvalue weighted by molar-refractivity contribution is 5.94. The molecule has 0 aromatic carbocycles. The summed E-state index contributed by atoms with van der Waals surface area (Å²) in [7, 11) is 0. The average Bonchev–Trinajstić information content (AvgIpc) is 2.72. The van der Waals surface area contributed by atoms with E-state index in [4.69, 9.17) is 17.2 Å². The molecule has 4 unspecified atom stereocenters. The van der Waals surface area contributed by atoms with Gasteiger partial charge in [-0.05, 0) is 44.1 Å². The normalized spacial score (nSPS) is 14.8. The molecular weight excluding hydrogens is 432 g/mol. The summed E-state index contributed by atoms with van der Waals surface area (Å²) in [6.07, 6.45) is 0.903. The molecule has 0 rings (SSSR count). The van der Waals surface area contributed by atoms with Gasteiger partial charge in [0.15, 0.2) is 0 Å². The molecule has 4 atom stereocenters. The summed E-state index contributed by atoms with van der Waals surface area (Å²) in [5, 5.41) is 16.9. The monoisotopic (exact) mass is 472 g/mol. The van der Waals surface area contributed by atoms with Crippen molar-refractivity contribution in [3.05, 3.63) is 0 Å². The van der Waals surface area contributed by atoms with Gasteiger partial charge in [-0.2, -0.15) is 0 Å². The molecule has 0 aromatic rings. The second-order valence-corrected chi connectivity index (χ2v) is 8.75. The third-order valence-corrected chi connectivity index (χ3v) is 5.14. The molecular formula is C21H40N6O6. The zero-order chi connectivity index (χ0) is 25.7. The van der Waals surface area contributed by atoms with Crippen LogP contribution in [0.15, 0.2) is 0 Å². The molecule has 0 bridgehead atoms. The van der Waals surface area contributed by atoms with Gasteiger partial charge in [-0.1, -0.05) is 27.7 Å². The fourth-order valence-electron chi connectivity index (χ4n) is 2.93. The second-order valence-electron chi connectivity index (χ2n) is 8.75. The van der Waals surface area contributed by atoms with E-state index in [0.29, 0.717) is 19.4 Å². The number of hydrogen-bond donors (Lipinski definition) is 7. The summed E-state index contributed by atoms with van der Waals surface area (Å²) >= 11 is 0. The Morgan fingerprint density at radius 3 is 1.82 bits per heavy atom. The van der Waals surface area contributed by atoms with E-state index in [-0.39, 0.29) is 31.1 Å². The Hall–Kier alpha value is -2.73. The summed E-state index contributed by atoms with van der Waals surface area (Å²) in [4.78, 5) is 60.6. The Labute approximate surface area is 194 Å². The lowest BCUT2D eigenvalue weighted by Gasteiger charge is -2.27. The molecule has 190 valence electrons. The molecule has 0 aliphatic rings. The van der Waals surface area contributed by atoms with Gasteiger partial charge in [0, 0.05) is 6.42 Å². The van der Waals surface area contributed by atoms with Crippen LogP contribution in [0.1, 0.15) is 59.8 Å². The number of rotatable bonds is 16. The number of unbranched alkanes of at least 4 members (excludes halogenated alkanes) is 1. The first-order valence-corrected chi connectivity index (χ1v) is 11.2. The Morgan fingerprint density at radius 1 is 0.788 bits per heavy atom. The van der Waals surface area contributed by atoms with Gasteiger partial charge in [0.2, 0.25) is 23.6 Å². The number of primary amides is 1. The molecule has 10 N–H and O–H groups in total. The first kappa shape index (κ1) is 30.3. The topological polar surface area (TPSA) is 220 Å². The maximum Gasteiger partial charge on any atom is 0.326 e. The molecule has 0 fully saturated rings. The zero-order valence-electron chi connectivity index (χ0n) is 19.9. The summed E-state index contributed by atoms with van der Waals surface area (Å²) < 4.78 is 0. The second kappa shape index (κ2) is 15.2. The molecule has 12 heteroatoms. The van der Waals surface area contributed by atoms with Gasteiger partial charge < -0.3 is 38.3 Å². The smallest absolute Gasteiger partial charge is 0.326 e. The van der Waals surface area contributed by atoms with E-state index in [1.807, 2.05) is 0 Å². The van der Waals surface area contributed by atoms with E-state index in [9.17, 15) is 29.1 Å². The third-order valence-electron chi connectivity index (χ3n) is 5.14. The Balaban J connectivity index is 5.46. The van der Waals surface area contributed by atoms with Crippen molar-refractivity contribution in [3.63, 3.8) is 0 Å². The minimum absolute atomic E-state index is 0.135. The molecule has 12 nitrogen and oxygen atoms in total. The molecule has 0 heterocycles. The maximum atomic E-state index is 12.9. The summed E-state index contributed by atoms with van der Waals surface area (Å²) in [5.74, 6) is -4.26. The zero-order valence-corrected chi connectivity index (χ0v) is 19.9. The number of amides is 4. The van der Waals surface area contributed by atoms with Crippen molar-refractivity contribution >= 4 is 29.6 Å². The van der Waals surface area contributed by atoms with Gasteiger partial charge in [0.1, 0.15) is 18.1 Å². The lowest BCUT2D eigenvalue weighted by molar-refractivity contribution is -0.142. The van der Waals surface area contributed by atoms with Crippen LogP contribution >= 0.6 is 0 Å². The number of carbonyl (C=O) groups excluding carboxylic acids is 4. The van der Waals surface area contributed by atoms with Crippen LogP contribution in [0.4, 0.5) is 0 Å². The first-order valence-electron chi connectivity index (χ1n) is 11.2. The van der Waals surface area contributed by atoms with Crippen LogP contribution in [-0.4, -0.2) is 65.4 Å². The van der Waals surface area contributed by atoms with E-state index in [1.54, 1.807) is 27.7 Å². The van der Waals surface area contributed by atoms with Gasteiger partial charge in [-0.15, -0.1) is 0 Å². The van der Waals surface area contributed by atoms with Crippen molar-refractivity contribution in [1.82, 2.24) is 16.0 Å². The number of carbonyl (C=O) groups is 5. The fraction of sp³-hybridized carbons (Fsp3) is 0.762. The van der Waals surface area contributed by atoms with Crippen molar-refractivity contribution < 1.29 is 29.1 Å². The van der Waals surface area contributed by atoms with Crippen LogP contribution in [-0.2, 0) is 24.0 Å². The van der Waals surface area contributed by atoms with E-state index in [2.05, 4.69) is 16.0 Å². The molecule has 0 aliphatic heterocycles. The van der Waals surface area contributed by atoms with Gasteiger partial charge in [-0.3, -0.25) is 19.2 Å². The summed E-state index contributed by atoms with van der Waals surface area (Å²) in [5.41, 5.74) is 16.4. The predicted molar refractivity (Wildman–Crippen MR) is 122 cm³/mol. The van der Waals surface area contributed by atoms with Crippen molar-refractivity contribution in [3.8, 4) is 0 Å². The van der Waals surface area contributed by atoms with E-state index in [1.165, 1.54) is 0 Å². The van der Waals surface area contributed by atoms with Crippen LogP contribution in [0, 0.1) is 11.8 Å². The van der Waals surface area contributed by atoms with Gasteiger partial charge in [-0.25, -0.2) is 4.79 Å². The van der Waals surface area contributed by atoms with Gasteiger partial charge >= 0.3 is 5.97 Å². The highest BCUT2D eigenvalue weighted by atomic mass is 16.4. The van der Waals surface area contributed by atoms with Gasteiger partial charge in [0.25, 0.3) is 0 Å². The Kier molecular flexibility index (Phi) is 13.9. The highest BCUT2D eigenvalue weighted by Gasteiger charge is 2.32. The third kappa shape index (κ3) is 11.6. The van der Waals surface area contributed by atoms with Crippen molar-refractivity contribution in [2.75, 3.05) is 6.54 Å². The predicted octanol–water partition coefficient (Wildman–Crippen LogP) is -1.44. The van der Waals surface area contributed by atoms with Crippen molar-refractivity contribution in [1.29, 1.82) is 0 Å². The maximum absolute atomic E-state index is 12.9. The number of carboxylic acid groups (broad SMARTS) is 1. The Morgan fingerprint density at radius 2 is 1.36 bits per heavy atom. The standard InChI is InChI=1S/C21H40N6O6/c1-11(2)16(24)19(30)27-17(12(3)4)20(31)25-13(7-5-6-10-22)18(29)26-14(21(32)33)8-9-15(23)28/h11-14,16-17H,5-10,22,24H2,1-4H3,(H2,23,28)(H,25,31)(H,26,29)(H,27,30)(H,32,33). The van der Waals surface area contributed by atoms with Crippen LogP contribution in [0.2, 0.25) is 0 Å². The van der Waals surface area contributed by atoms with E-state index >= 15 is 0 Å². The number of hydrogen-bond acceptors (Lipinski definition) is 7. The quantitative estimate of drug-likeness (QED) is 0.131. The first-order chi connectivity index (χ1) is 15.3. The fourth-order valence-corrected chi connectivity index (χ4v) is 2.93. The number of nitrogens with two attached hydrogens (primary N) is 3. The molecule has 0 radical (unpaired) electrons. The number of aliphatic carboxylic acids is 1. The lowest BCUT2D eigenvalue weighted by Crippen LogP contribution is -2.58. The average molecular weight is 473 g/mol. The van der Waals surface area contributed by atoms with Crippen molar-refractivity contribution in [2.24, 2.45) is 29.0 Å². The molecule has 0 aliphatic carbocycles. The van der Waals surface area contributed by atoms with Crippen LogP contribution in [0.3, 0.4) is 0 Å². The molecule has 0 saturated heterocycles. The molecule has 0 aromatic heterocycles. The highest BCUT2D eigenvalue weighted by Crippen LogP contribution is 2.08. The van der Waals surface area contributed by atoms with E-state index < -0.39 is 53.8 Å². The minimum atomic E-state index is -1.34. The summed E-state index contributed by atoms with van der Waals surface area (Å²) in [6.45, 7) is 7.42. The number of carboxylic acids is 1. The van der Waals surface area contributed by atoms with Crippen LogP contribution in [0.5, 0.6) is 0 Å². The molecule has 4 amide bonds. The van der Waals surface area contributed by atoms with E-state index in [0.717, 1.165) is 0 Å². The largest absolute Gasteiger partial charge is 0.480 e. The minimum Gasteiger partial charge on any atom is -0.480 e. The van der Waals surface area contributed by atoms with Crippen LogP contribution < -0.4 is 33.2 Å². The van der Waals surface area contributed by atoms with Gasteiger partial charge in [0.05, 0.1) is 6.04 Å². The lowest BCUT2D eigenvalue weighted by atomic mass is 9.99. The SMILES string of the molecule is CC(C)C(N)C(=O)NC(C(=O)NC(CCCCN)C(=O)NC(CCC(N)=O)C(=O)O)C(C)C. The molecule has 0 spiro atoms. The molecule has 33 heavy (non-hydrogen) atoms.